The van der Waals surface area contributed by atoms with Crippen LogP contribution in [0.2, 0.25) is 0 Å². The maximum Gasteiger partial charge on any atom is 0.0643 e. The van der Waals surface area contributed by atoms with Gasteiger partial charge in [-0.1, -0.05) is 6.07 Å². The summed E-state index contributed by atoms with van der Waals surface area (Å²) in [5.74, 6) is 0. The molecule has 2 rings (SSSR count). The summed E-state index contributed by atoms with van der Waals surface area (Å²) in [4.78, 5) is 4.44. The summed E-state index contributed by atoms with van der Waals surface area (Å²) in [5, 5.41) is 4.34. The Kier molecular flexibility index (Phi) is 3.24. The number of pyridine rings is 1. The van der Waals surface area contributed by atoms with Crippen molar-refractivity contribution >= 4 is 0 Å². The highest BCUT2D eigenvalue weighted by Crippen LogP contribution is 2.18. The lowest BCUT2D eigenvalue weighted by molar-refractivity contribution is 0.669. The predicted octanol–water partition coefficient (Wildman–Crippen LogP) is 1.67. The number of aryl methyl sites for hydroxylation is 3. The molecule has 2 aromatic rings. The number of hydrogen-bond acceptors (Lipinski definition) is 3. The number of hydrogen-bond donors (Lipinski definition) is 1. The SMILES string of the molecule is Cc1ccc(C(N)Cc2ccn(C)n2)c(C)n1. The van der Waals surface area contributed by atoms with Gasteiger partial charge in [-0.25, -0.2) is 0 Å². The molecule has 0 bridgehead atoms. The van der Waals surface area contributed by atoms with Crippen LogP contribution in [0.25, 0.3) is 0 Å². The average Bonchev–Trinajstić information content (AvgIpc) is 2.63. The van der Waals surface area contributed by atoms with Crippen LogP contribution in [0, 0.1) is 13.8 Å². The summed E-state index contributed by atoms with van der Waals surface area (Å²) in [6, 6.07) is 6.01. The van der Waals surface area contributed by atoms with Gasteiger partial charge in [-0.2, -0.15) is 5.10 Å². The summed E-state index contributed by atoms with van der Waals surface area (Å²) in [6.45, 7) is 3.99. The van der Waals surface area contributed by atoms with Gasteiger partial charge >= 0.3 is 0 Å². The second-order valence-electron chi connectivity index (χ2n) is 4.42. The molecule has 0 saturated carbocycles. The van der Waals surface area contributed by atoms with Crippen LogP contribution in [0.1, 0.15) is 28.7 Å². The van der Waals surface area contributed by atoms with Gasteiger partial charge in [-0.3, -0.25) is 9.67 Å². The molecule has 4 nitrogen and oxygen atoms in total. The Bertz CT molecular complexity index is 516. The van der Waals surface area contributed by atoms with Crippen LogP contribution >= 0.6 is 0 Å². The molecular weight excluding hydrogens is 212 g/mol. The fourth-order valence-electron chi connectivity index (χ4n) is 2.00. The summed E-state index contributed by atoms with van der Waals surface area (Å²) in [7, 11) is 1.91. The molecule has 0 aliphatic heterocycles. The number of rotatable bonds is 3. The fraction of sp³-hybridized carbons (Fsp3) is 0.385. The highest BCUT2D eigenvalue weighted by Gasteiger charge is 2.12. The Morgan fingerprint density at radius 2 is 2.06 bits per heavy atom. The molecule has 2 aromatic heterocycles. The topological polar surface area (TPSA) is 56.7 Å². The summed E-state index contributed by atoms with van der Waals surface area (Å²) in [5.41, 5.74) is 10.3. The van der Waals surface area contributed by atoms with Crippen molar-refractivity contribution in [2.24, 2.45) is 12.8 Å². The molecule has 4 heteroatoms. The Morgan fingerprint density at radius 1 is 1.29 bits per heavy atom. The van der Waals surface area contributed by atoms with E-state index in [0.717, 1.165) is 29.1 Å². The first-order chi connectivity index (χ1) is 8.06. The van der Waals surface area contributed by atoms with E-state index < -0.39 is 0 Å². The molecule has 0 saturated heterocycles. The molecule has 2 heterocycles. The molecule has 0 fully saturated rings. The zero-order chi connectivity index (χ0) is 12.4. The smallest absolute Gasteiger partial charge is 0.0643 e. The van der Waals surface area contributed by atoms with E-state index in [4.69, 9.17) is 5.73 Å². The molecule has 0 spiro atoms. The predicted molar refractivity (Wildman–Crippen MR) is 67.6 cm³/mol. The number of nitrogens with two attached hydrogens (primary N) is 1. The van der Waals surface area contributed by atoms with Gasteiger partial charge in [0.05, 0.1) is 5.69 Å². The first-order valence-electron chi connectivity index (χ1n) is 5.74. The molecule has 0 aliphatic rings. The van der Waals surface area contributed by atoms with E-state index in [9.17, 15) is 0 Å². The first-order valence-corrected chi connectivity index (χ1v) is 5.74. The van der Waals surface area contributed by atoms with Crippen LogP contribution in [-0.4, -0.2) is 14.8 Å². The standard InChI is InChI=1S/C13H18N4/c1-9-4-5-12(10(2)15-9)13(14)8-11-6-7-17(3)16-11/h4-7,13H,8,14H2,1-3H3. The van der Waals surface area contributed by atoms with Crippen LogP contribution < -0.4 is 5.73 Å². The largest absolute Gasteiger partial charge is 0.324 e. The van der Waals surface area contributed by atoms with Gasteiger partial charge in [-0.05, 0) is 31.5 Å². The Hall–Kier alpha value is -1.68. The second-order valence-corrected chi connectivity index (χ2v) is 4.42. The maximum atomic E-state index is 6.20. The van der Waals surface area contributed by atoms with Crippen LogP contribution in [0.5, 0.6) is 0 Å². The van der Waals surface area contributed by atoms with Gasteiger partial charge < -0.3 is 5.73 Å². The zero-order valence-electron chi connectivity index (χ0n) is 10.5. The molecule has 0 amide bonds. The van der Waals surface area contributed by atoms with Gasteiger partial charge in [0.15, 0.2) is 0 Å². The van der Waals surface area contributed by atoms with Crippen molar-refractivity contribution in [3.63, 3.8) is 0 Å². The van der Waals surface area contributed by atoms with Crippen molar-refractivity contribution in [3.8, 4) is 0 Å². The van der Waals surface area contributed by atoms with Crippen molar-refractivity contribution in [1.29, 1.82) is 0 Å². The summed E-state index contributed by atoms with van der Waals surface area (Å²) in [6.07, 6.45) is 2.68. The third-order valence-corrected chi connectivity index (χ3v) is 2.86. The molecule has 0 radical (unpaired) electrons. The zero-order valence-corrected chi connectivity index (χ0v) is 10.5. The van der Waals surface area contributed by atoms with Crippen LogP contribution in [-0.2, 0) is 13.5 Å². The molecule has 2 N–H and O–H groups in total. The van der Waals surface area contributed by atoms with E-state index in [2.05, 4.69) is 16.1 Å². The lowest BCUT2D eigenvalue weighted by Gasteiger charge is -2.13. The first kappa shape index (κ1) is 11.8. The molecule has 90 valence electrons. The molecule has 17 heavy (non-hydrogen) atoms. The van der Waals surface area contributed by atoms with Crippen LogP contribution in [0.15, 0.2) is 24.4 Å². The third-order valence-electron chi connectivity index (χ3n) is 2.86. The molecule has 0 aliphatic carbocycles. The van der Waals surface area contributed by atoms with Crippen molar-refractivity contribution in [1.82, 2.24) is 14.8 Å². The van der Waals surface area contributed by atoms with Crippen molar-refractivity contribution < 1.29 is 0 Å². The minimum atomic E-state index is -0.0435. The second kappa shape index (κ2) is 4.67. The lowest BCUT2D eigenvalue weighted by atomic mass is 10.0. The van der Waals surface area contributed by atoms with Gasteiger partial charge in [0.2, 0.25) is 0 Å². The molecule has 0 aromatic carbocycles. The highest BCUT2D eigenvalue weighted by molar-refractivity contribution is 5.26. The minimum absolute atomic E-state index is 0.0435. The van der Waals surface area contributed by atoms with Crippen LogP contribution in [0.4, 0.5) is 0 Å². The van der Waals surface area contributed by atoms with Gasteiger partial charge in [0.1, 0.15) is 0 Å². The fourth-order valence-corrected chi connectivity index (χ4v) is 2.00. The quantitative estimate of drug-likeness (QED) is 0.872. The normalized spacial score (nSPS) is 12.7. The van der Waals surface area contributed by atoms with Gasteiger partial charge in [0.25, 0.3) is 0 Å². The summed E-state index contributed by atoms with van der Waals surface area (Å²) < 4.78 is 1.79. The van der Waals surface area contributed by atoms with Crippen molar-refractivity contribution in [2.75, 3.05) is 0 Å². The average molecular weight is 230 g/mol. The van der Waals surface area contributed by atoms with Gasteiger partial charge in [-0.15, -0.1) is 0 Å². The maximum absolute atomic E-state index is 6.20. The van der Waals surface area contributed by atoms with E-state index in [-0.39, 0.29) is 6.04 Å². The van der Waals surface area contributed by atoms with Crippen LogP contribution in [0.3, 0.4) is 0 Å². The Morgan fingerprint density at radius 3 is 2.65 bits per heavy atom. The summed E-state index contributed by atoms with van der Waals surface area (Å²) >= 11 is 0. The van der Waals surface area contributed by atoms with E-state index in [1.165, 1.54) is 0 Å². The van der Waals surface area contributed by atoms with E-state index in [1.54, 1.807) is 4.68 Å². The Balaban J connectivity index is 2.17. The van der Waals surface area contributed by atoms with Gasteiger partial charge in [0, 0.05) is 37.1 Å². The number of aromatic nitrogens is 3. The Labute approximate surface area is 101 Å². The molecule has 1 atom stereocenters. The molecule has 1 unspecified atom stereocenters. The van der Waals surface area contributed by atoms with E-state index in [1.807, 2.05) is 39.2 Å². The van der Waals surface area contributed by atoms with E-state index in [0.29, 0.717) is 0 Å². The molecular formula is C13H18N4. The number of nitrogens with zero attached hydrogens (tertiary/aromatic N) is 3. The monoisotopic (exact) mass is 230 g/mol. The lowest BCUT2D eigenvalue weighted by Crippen LogP contribution is -2.16. The van der Waals surface area contributed by atoms with Crippen molar-refractivity contribution in [2.45, 2.75) is 26.3 Å². The minimum Gasteiger partial charge on any atom is -0.324 e. The highest BCUT2D eigenvalue weighted by atomic mass is 15.2. The van der Waals surface area contributed by atoms with Crippen molar-refractivity contribution in [3.05, 3.63) is 47.0 Å². The third kappa shape index (κ3) is 2.71. The van der Waals surface area contributed by atoms with E-state index >= 15 is 0 Å².